The van der Waals surface area contributed by atoms with Gasteiger partial charge < -0.3 is 10.2 Å². The lowest BCUT2D eigenvalue weighted by atomic mass is 10.1. The van der Waals surface area contributed by atoms with Gasteiger partial charge in [0.15, 0.2) is 5.69 Å². The van der Waals surface area contributed by atoms with Gasteiger partial charge in [0.1, 0.15) is 0 Å². The minimum Gasteiger partial charge on any atom is -0.336 e. The summed E-state index contributed by atoms with van der Waals surface area (Å²) < 4.78 is 1.82. The van der Waals surface area contributed by atoms with Crippen LogP contribution in [0.4, 0.5) is 0 Å². The third-order valence-corrected chi connectivity index (χ3v) is 4.34. The van der Waals surface area contributed by atoms with E-state index in [9.17, 15) is 4.79 Å². The van der Waals surface area contributed by atoms with Crippen LogP contribution >= 0.6 is 24.0 Å². The fourth-order valence-corrected chi connectivity index (χ4v) is 2.88. The van der Waals surface area contributed by atoms with Gasteiger partial charge in [-0.3, -0.25) is 4.79 Å². The predicted molar refractivity (Wildman–Crippen MR) is 95.7 cm³/mol. The number of hydrogen-bond acceptors (Lipinski definition) is 4. The highest BCUT2D eigenvalue weighted by atomic mass is 35.5. The van der Waals surface area contributed by atoms with Crippen molar-refractivity contribution in [3.63, 3.8) is 0 Å². The number of amides is 1. The largest absolute Gasteiger partial charge is 0.336 e. The second kappa shape index (κ2) is 8.46. The van der Waals surface area contributed by atoms with E-state index < -0.39 is 0 Å². The van der Waals surface area contributed by atoms with Crippen LogP contribution in [0.15, 0.2) is 30.5 Å². The normalized spacial score (nSPS) is 14.9. The van der Waals surface area contributed by atoms with E-state index in [-0.39, 0.29) is 18.3 Å². The Morgan fingerprint density at radius 2 is 2.00 bits per heavy atom. The molecular formula is C16H21Cl2N5O. The number of carbonyl (C=O) groups is 1. The van der Waals surface area contributed by atoms with Gasteiger partial charge in [0.2, 0.25) is 0 Å². The van der Waals surface area contributed by atoms with Crippen LogP contribution in [0.3, 0.4) is 0 Å². The molecule has 8 heteroatoms. The summed E-state index contributed by atoms with van der Waals surface area (Å²) in [5.74, 6) is -0.125. The van der Waals surface area contributed by atoms with Gasteiger partial charge >= 0.3 is 0 Å². The fraction of sp³-hybridized carbons (Fsp3) is 0.438. The molecule has 3 rings (SSSR count). The van der Waals surface area contributed by atoms with E-state index in [2.05, 4.69) is 15.6 Å². The maximum absolute atomic E-state index is 12.5. The minimum absolute atomic E-state index is 0. The molecule has 0 spiro atoms. The van der Waals surface area contributed by atoms with Crippen molar-refractivity contribution in [3.8, 4) is 0 Å². The van der Waals surface area contributed by atoms with Crippen molar-refractivity contribution in [2.45, 2.75) is 25.4 Å². The van der Waals surface area contributed by atoms with E-state index in [4.69, 9.17) is 11.6 Å². The van der Waals surface area contributed by atoms with E-state index in [0.717, 1.165) is 31.5 Å². The molecule has 1 amide bonds. The molecule has 2 heterocycles. The van der Waals surface area contributed by atoms with E-state index in [1.807, 2.05) is 28.9 Å². The summed E-state index contributed by atoms with van der Waals surface area (Å²) in [6.07, 6.45) is 3.78. The molecule has 1 N–H and O–H groups in total. The summed E-state index contributed by atoms with van der Waals surface area (Å²) >= 11 is 5.88. The number of nitrogens with zero attached hydrogens (tertiary/aromatic N) is 4. The summed E-state index contributed by atoms with van der Waals surface area (Å²) in [4.78, 5) is 14.1. The fourth-order valence-electron chi connectivity index (χ4n) is 2.76. The van der Waals surface area contributed by atoms with Crippen LogP contribution in [0.25, 0.3) is 0 Å². The number of benzene rings is 1. The van der Waals surface area contributed by atoms with Gasteiger partial charge in [-0.1, -0.05) is 28.9 Å². The van der Waals surface area contributed by atoms with Gasteiger partial charge in [0.05, 0.1) is 12.2 Å². The number of nitrogens with one attached hydrogen (secondary N) is 1. The van der Waals surface area contributed by atoms with Crippen LogP contribution in [-0.2, 0) is 6.54 Å². The van der Waals surface area contributed by atoms with Gasteiger partial charge in [-0.05, 0) is 43.6 Å². The van der Waals surface area contributed by atoms with Crippen molar-refractivity contribution in [2.24, 2.45) is 0 Å². The summed E-state index contributed by atoms with van der Waals surface area (Å²) in [6, 6.07) is 7.80. The SMILES string of the molecule is CN(Cc1ccc(Cl)cc1)C(=O)c1cn(C2CCNCC2)nn1.Cl. The molecular weight excluding hydrogens is 349 g/mol. The van der Waals surface area contributed by atoms with Gasteiger partial charge in [-0.25, -0.2) is 4.68 Å². The molecule has 1 saturated heterocycles. The maximum atomic E-state index is 12.5. The second-order valence-electron chi connectivity index (χ2n) is 5.85. The third-order valence-electron chi connectivity index (χ3n) is 4.09. The zero-order valence-electron chi connectivity index (χ0n) is 13.5. The maximum Gasteiger partial charge on any atom is 0.276 e. The Balaban J connectivity index is 0.00000208. The van der Waals surface area contributed by atoms with Gasteiger partial charge in [-0.2, -0.15) is 0 Å². The first-order valence-electron chi connectivity index (χ1n) is 7.76. The first-order chi connectivity index (χ1) is 11.1. The Morgan fingerprint density at radius 1 is 1.33 bits per heavy atom. The van der Waals surface area contributed by atoms with E-state index >= 15 is 0 Å². The third kappa shape index (κ3) is 4.47. The molecule has 0 unspecified atom stereocenters. The van der Waals surface area contributed by atoms with E-state index in [1.54, 1.807) is 18.1 Å². The molecule has 1 aromatic carbocycles. The number of rotatable bonds is 4. The Labute approximate surface area is 152 Å². The lowest BCUT2D eigenvalue weighted by molar-refractivity contribution is 0.0779. The molecule has 130 valence electrons. The van der Waals surface area contributed by atoms with Crippen molar-refractivity contribution in [2.75, 3.05) is 20.1 Å². The van der Waals surface area contributed by atoms with Gasteiger partial charge in [-0.15, -0.1) is 17.5 Å². The van der Waals surface area contributed by atoms with Crippen LogP contribution in [0.2, 0.25) is 5.02 Å². The van der Waals surface area contributed by atoms with Crippen LogP contribution in [0, 0.1) is 0 Å². The molecule has 0 saturated carbocycles. The molecule has 0 bridgehead atoms. The van der Waals surface area contributed by atoms with Gasteiger partial charge in [0.25, 0.3) is 5.91 Å². The zero-order valence-corrected chi connectivity index (χ0v) is 15.1. The minimum atomic E-state index is -0.125. The molecule has 1 fully saturated rings. The smallest absolute Gasteiger partial charge is 0.276 e. The topological polar surface area (TPSA) is 63.1 Å². The first kappa shape index (κ1) is 18.7. The van der Waals surface area contributed by atoms with Crippen molar-refractivity contribution in [3.05, 3.63) is 46.7 Å². The molecule has 24 heavy (non-hydrogen) atoms. The summed E-state index contributed by atoms with van der Waals surface area (Å²) in [5, 5.41) is 12.2. The number of halogens is 2. The molecule has 1 aromatic heterocycles. The quantitative estimate of drug-likeness (QED) is 0.899. The van der Waals surface area contributed by atoms with Crippen molar-refractivity contribution < 1.29 is 4.79 Å². The average Bonchev–Trinajstić information content (AvgIpc) is 3.07. The van der Waals surface area contributed by atoms with Gasteiger partial charge in [0, 0.05) is 18.6 Å². The molecule has 0 radical (unpaired) electrons. The van der Waals surface area contributed by atoms with Crippen LogP contribution in [0.1, 0.15) is 34.9 Å². The van der Waals surface area contributed by atoms with Crippen molar-refractivity contribution in [1.29, 1.82) is 0 Å². The monoisotopic (exact) mass is 369 g/mol. The van der Waals surface area contributed by atoms with Crippen molar-refractivity contribution in [1.82, 2.24) is 25.2 Å². The van der Waals surface area contributed by atoms with Crippen LogP contribution in [-0.4, -0.2) is 45.9 Å². The number of piperidine rings is 1. The Morgan fingerprint density at radius 3 is 2.67 bits per heavy atom. The Bertz CT molecular complexity index is 667. The molecule has 6 nitrogen and oxygen atoms in total. The van der Waals surface area contributed by atoms with E-state index in [0.29, 0.717) is 23.3 Å². The molecule has 0 atom stereocenters. The number of hydrogen-bond donors (Lipinski definition) is 1. The second-order valence-corrected chi connectivity index (χ2v) is 6.29. The highest BCUT2D eigenvalue weighted by Crippen LogP contribution is 2.18. The summed E-state index contributed by atoms with van der Waals surface area (Å²) in [6.45, 7) is 2.46. The number of aromatic nitrogens is 3. The summed E-state index contributed by atoms with van der Waals surface area (Å²) in [7, 11) is 1.76. The Hall–Kier alpha value is -1.63. The molecule has 0 aliphatic carbocycles. The average molecular weight is 370 g/mol. The van der Waals surface area contributed by atoms with Crippen molar-refractivity contribution >= 4 is 29.9 Å². The first-order valence-corrected chi connectivity index (χ1v) is 8.14. The zero-order chi connectivity index (χ0) is 16.2. The molecule has 2 aromatic rings. The lowest BCUT2D eigenvalue weighted by Gasteiger charge is -2.22. The molecule has 1 aliphatic heterocycles. The summed E-state index contributed by atoms with van der Waals surface area (Å²) in [5.41, 5.74) is 1.41. The molecule has 1 aliphatic rings. The van der Waals surface area contributed by atoms with Crippen LogP contribution < -0.4 is 5.32 Å². The standard InChI is InChI=1S/C16H20ClN5O.ClH/c1-21(10-12-2-4-13(17)5-3-12)16(23)15-11-22(20-19-15)14-6-8-18-9-7-14;/h2-5,11,14,18H,6-10H2,1H3;1H. The van der Waals surface area contributed by atoms with E-state index in [1.165, 1.54) is 0 Å². The lowest BCUT2D eigenvalue weighted by Crippen LogP contribution is -2.29. The predicted octanol–water partition coefficient (Wildman–Crippen LogP) is 2.55. The highest BCUT2D eigenvalue weighted by Gasteiger charge is 2.20. The van der Waals surface area contributed by atoms with Crippen LogP contribution in [0.5, 0.6) is 0 Å². The number of carbonyl (C=O) groups excluding carboxylic acids is 1. The highest BCUT2D eigenvalue weighted by molar-refractivity contribution is 6.30. The Kier molecular flexibility index (Phi) is 6.60.